The monoisotopic (exact) mass is 114 g/mol. The minimum atomic E-state index is -0.0463. The normalized spacial score (nSPS) is 14.1. The van der Waals surface area contributed by atoms with Gasteiger partial charge in [0.25, 0.3) is 0 Å². The van der Waals surface area contributed by atoms with Crippen molar-refractivity contribution in [3.8, 4) is 0 Å². The quantitative estimate of drug-likeness (QED) is 0.517. The molecule has 0 rings (SSSR count). The fourth-order valence-electron chi connectivity index (χ4n) is 0.500. The van der Waals surface area contributed by atoms with Gasteiger partial charge in [0.05, 0.1) is 0 Å². The van der Waals surface area contributed by atoms with Gasteiger partial charge >= 0.3 is 0 Å². The molecule has 2 heteroatoms. The van der Waals surface area contributed by atoms with Gasteiger partial charge in [-0.05, 0) is 12.8 Å². The van der Waals surface area contributed by atoms with Crippen LogP contribution in [0.5, 0.6) is 0 Å². The van der Waals surface area contributed by atoms with Crippen LogP contribution in [0.25, 0.3) is 0 Å². The fraction of sp³-hybridized carbons (Fsp3) is 0.833. The second kappa shape index (κ2) is 2.82. The van der Waals surface area contributed by atoms with Gasteiger partial charge in [0.15, 0.2) is 0 Å². The lowest BCUT2D eigenvalue weighted by atomic mass is 10.0. The number of hydrogen-bond acceptors (Lipinski definition) is 2. The van der Waals surface area contributed by atoms with E-state index in [0.29, 0.717) is 11.6 Å². The molecule has 0 fully saturated rings. The summed E-state index contributed by atoms with van der Waals surface area (Å²) in [6, 6.07) is -0.0463. The maximum atomic E-state index is 7.11. The lowest BCUT2D eigenvalue weighted by molar-refractivity contribution is 0.591. The van der Waals surface area contributed by atoms with E-state index in [-0.39, 0.29) is 6.04 Å². The number of nitrogens with two attached hydrogens (primary N) is 1. The molecular formula is C6H14N2. The summed E-state index contributed by atoms with van der Waals surface area (Å²) in [6.45, 7) is 5.77. The van der Waals surface area contributed by atoms with Gasteiger partial charge in [-0.3, -0.25) is 0 Å². The van der Waals surface area contributed by atoms with Crippen LogP contribution < -0.4 is 5.73 Å². The Bertz CT molecular complexity index is 86.5. The lowest BCUT2D eigenvalue weighted by Gasteiger charge is -2.12. The van der Waals surface area contributed by atoms with Crippen molar-refractivity contribution in [3.63, 3.8) is 0 Å². The highest BCUT2D eigenvalue weighted by Gasteiger charge is 2.07. The average Bonchev–Trinajstić information content (AvgIpc) is 1.64. The highest BCUT2D eigenvalue weighted by molar-refractivity contribution is 5.84. The van der Waals surface area contributed by atoms with Gasteiger partial charge < -0.3 is 11.1 Å². The Kier molecular flexibility index (Phi) is 2.69. The van der Waals surface area contributed by atoms with Crippen LogP contribution in [-0.2, 0) is 0 Å². The van der Waals surface area contributed by atoms with Gasteiger partial charge in [-0.1, -0.05) is 13.8 Å². The third-order valence-corrected chi connectivity index (χ3v) is 1.22. The van der Waals surface area contributed by atoms with E-state index in [1.54, 1.807) is 6.92 Å². The Hall–Kier alpha value is -0.370. The first kappa shape index (κ1) is 7.63. The highest BCUT2D eigenvalue weighted by Crippen LogP contribution is 1.97. The van der Waals surface area contributed by atoms with Crippen molar-refractivity contribution in [2.45, 2.75) is 26.8 Å². The smallest absolute Gasteiger partial charge is 0.0443 e. The van der Waals surface area contributed by atoms with E-state index < -0.39 is 0 Å². The first-order valence-corrected chi connectivity index (χ1v) is 2.86. The van der Waals surface area contributed by atoms with Crippen molar-refractivity contribution < 1.29 is 0 Å². The van der Waals surface area contributed by atoms with Crippen LogP contribution in [0.15, 0.2) is 0 Å². The van der Waals surface area contributed by atoms with Crippen LogP contribution in [0, 0.1) is 11.3 Å². The Morgan fingerprint density at radius 2 is 1.88 bits per heavy atom. The molecule has 8 heavy (non-hydrogen) atoms. The van der Waals surface area contributed by atoms with Crippen LogP contribution in [0.3, 0.4) is 0 Å². The second-order valence-corrected chi connectivity index (χ2v) is 2.45. The molecule has 0 bridgehead atoms. The van der Waals surface area contributed by atoms with Crippen molar-refractivity contribution >= 4 is 5.71 Å². The molecule has 2 nitrogen and oxygen atoms in total. The Balaban J connectivity index is 3.64. The molecule has 0 aromatic heterocycles. The summed E-state index contributed by atoms with van der Waals surface area (Å²) in [4.78, 5) is 0. The summed E-state index contributed by atoms with van der Waals surface area (Å²) in [6.07, 6.45) is 0. The Morgan fingerprint density at radius 1 is 1.50 bits per heavy atom. The first-order valence-electron chi connectivity index (χ1n) is 2.86. The van der Waals surface area contributed by atoms with Crippen LogP contribution in [0.2, 0.25) is 0 Å². The van der Waals surface area contributed by atoms with E-state index in [1.807, 2.05) is 13.8 Å². The topological polar surface area (TPSA) is 49.9 Å². The van der Waals surface area contributed by atoms with E-state index >= 15 is 0 Å². The summed E-state index contributed by atoms with van der Waals surface area (Å²) in [7, 11) is 0. The van der Waals surface area contributed by atoms with Gasteiger partial charge in [0, 0.05) is 11.8 Å². The van der Waals surface area contributed by atoms with Crippen LogP contribution >= 0.6 is 0 Å². The van der Waals surface area contributed by atoms with Gasteiger partial charge in [0.2, 0.25) is 0 Å². The molecule has 3 N–H and O–H groups in total. The van der Waals surface area contributed by atoms with Crippen LogP contribution in [0.4, 0.5) is 0 Å². The van der Waals surface area contributed by atoms with E-state index in [2.05, 4.69) is 0 Å². The molecule has 0 saturated carbocycles. The van der Waals surface area contributed by atoms with Crippen molar-refractivity contribution in [1.29, 1.82) is 5.41 Å². The summed E-state index contributed by atoms with van der Waals surface area (Å²) in [5.74, 6) is 0.396. The third kappa shape index (κ3) is 2.07. The van der Waals surface area contributed by atoms with Crippen LogP contribution in [0.1, 0.15) is 20.8 Å². The summed E-state index contributed by atoms with van der Waals surface area (Å²) >= 11 is 0. The van der Waals surface area contributed by atoms with Gasteiger partial charge in [0.1, 0.15) is 0 Å². The maximum absolute atomic E-state index is 7.11. The maximum Gasteiger partial charge on any atom is 0.0443 e. The van der Waals surface area contributed by atoms with E-state index in [9.17, 15) is 0 Å². The van der Waals surface area contributed by atoms with Crippen molar-refractivity contribution in [2.75, 3.05) is 0 Å². The molecule has 0 saturated heterocycles. The molecule has 0 spiro atoms. The standard InChI is InChI=1S/C6H14N2/c1-4(2)6(8)5(3)7/h4,6-7H,8H2,1-3H3/t6-/m1/s1. The first-order chi connectivity index (χ1) is 3.55. The fourth-order valence-corrected chi connectivity index (χ4v) is 0.500. The average molecular weight is 114 g/mol. The van der Waals surface area contributed by atoms with Crippen molar-refractivity contribution in [1.82, 2.24) is 0 Å². The summed E-state index contributed by atoms with van der Waals surface area (Å²) in [5.41, 5.74) is 6.10. The molecule has 0 aromatic carbocycles. The molecule has 0 aliphatic carbocycles. The Morgan fingerprint density at radius 3 is 1.88 bits per heavy atom. The molecule has 0 heterocycles. The predicted octanol–water partition coefficient (Wildman–Crippen LogP) is 1.01. The number of hydrogen-bond donors (Lipinski definition) is 2. The Labute approximate surface area is 50.6 Å². The third-order valence-electron chi connectivity index (χ3n) is 1.22. The molecular weight excluding hydrogens is 100 g/mol. The largest absolute Gasteiger partial charge is 0.323 e. The van der Waals surface area contributed by atoms with Gasteiger partial charge in [-0.15, -0.1) is 0 Å². The minimum absolute atomic E-state index is 0.0463. The van der Waals surface area contributed by atoms with E-state index in [1.165, 1.54) is 0 Å². The second-order valence-electron chi connectivity index (χ2n) is 2.45. The molecule has 0 unspecified atom stereocenters. The van der Waals surface area contributed by atoms with Gasteiger partial charge in [-0.25, -0.2) is 0 Å². The van der Waals surface area contributed by atoms with Crippen molar-refractivity contribution in [3.05, 3.63) is 0 Å². The molecule has 1 atom stereocenters. The van der Waals surface area contributed by atoms with E-state index in [4.69, 9.17) is 11.1 Å². The predicted molar refractivity (Wildman–Crippen MR) is 36.2 cm³/mol. The number of rotatable bonds is 2. The number of nitrogens with one attached hydrogen (secondary N) is 1. The van der Waals surface area contributed by atoms with Crippen LogP contribution in [-0.4, -0.2) is 11.8 Å². The molecule has 0 amide bonds. The zero-order valence-electron chi connectivity index (χ0n) is 5.73. The van der Waals surface area contributed by atoms with Crippen molar-refractivity contribution in [2.24, 2.45) is 11.7 Å². The molecule has 48 valence electrons. The molecule has 0 aromatic rings. The van der Waals surface area contributed by atoms with Gasteiger partial charge in [-0.2, -0.15) is 0 Å². The SMILES string of the molecule is CC(=N)[C@H](N)C(C)C. The zero-order valence-corrected chi connectivity index (χ0v) is 5.73. The molecule has 0 aliphatic heterocycles. The minimum Gasteiger partial charge on any atom is -0.323 e. The lowest BCUT2D eigenvalue weighted by Crippen LogP contribution is -2.33. The zero-order chi connectivity index (χ0) is 6.73. The van der Waals surface area contributed by atoms with E-state index in [0.717, 1.165) is 0 Å². The molecule has 0 radical (unpaired) electrons. The summed E-state index contributed by atoms with van der Waals surface area (Å²) < 4.78 is 0. The highest BCUT2D eigenvalue weighted by atomic mass is 14.7. The summed E-state index contributed by atoms with van der Waals surface area (Å²) in [5, 5.41) is 7.11. The molecule has 0 aliphatic rings.